The Bertz CT molecular complexity index is 409. The van der Waals surface area contributed by atoms with Crippen LogP contribution in [0.5, 0.6) is 0 Å². The predicted molar refractivity (Wildman–Crippen MR) is 90.4 cm³/mol. The van der Waals surface area contributed by atoms with Crippen LogP contribution in [0.2, 0.25) is 0 Å². The van der Waals surface area contributed by atoms with Crippen LogP contribution in [0.1, 0.15) is 47.5 Å². The van der Waals surface area contributed by atoms with Gasteiger partial charge in [0.05, 0.1) is 11.5 Å². The zero-order valence-electron chi connectivity index (χ0n) is 14.5. The summed E-state index contributed by atoms with van der Waals surface area (Å²) >= 11 is 0. The van der Waals surface area contributed by atoms with Crippen LogP contribution in [0.15, 0.2) is 0 Å². The first-order valence-corrected chi connectivity index (χ1v) is 10.1. The second-order valence-electron chi connectivity index (χ2n) is 7.52. The van der Waals surface area contributed by atoms with Gasteiger partial charge < -0.3 is 5.32 Å². The van der Waals surface area contributed by atoms with Crippen molar-refractivity contribution in [3.05, 3.63) is 0 Å². The summed E-state index contributed by atoms with van der Waals surface area (Å²) < 4.78 is 23.4. The Hall–Kier alpha value is -0.130. The molecule has 0 aromatic heterocycles. The van der Waals surface area contributed by atoms with E-state index in [1.807, 2.05) is 6.92 Å². The smallest absolute Gasteiger partial charge is 0.153 e. The lowest BCUT2D eigenvalue weighted by Gasteiger charge is -2.41. The van der Waals surface area contributed by atoms with Gasteiger partial charge in [0, 0.05) is 25.7 Å². The molecule has 0 amide bonds. The molecule has 0 aromatic carbocycles. The lowest BCUT2D eigenvalue weighted by Crippen LogP contribution is -2.52. The monoisotopic (exact) mass is 318 g/mol. The van der Waals surface area contributed by atoms with Gasteiger partial charge in [-0.25, -0.2) is 8.42 Å². The zero-order chi connectivity index (χ0) is 16.1. The lowest BCUT2D eigenvalue weighted by atomic mass is 9.84. The highest BCUT2D eigenvalue weighted by Gasteiger charge is 2.33. The number of hydrogen-bond acceptors (Lipinski definition) is 4. The first kappa shape index (κ1) is 18.9. The van der Waals surface area contributed by atoms with Gasteiger partial charge in [0.1, 0.15) is 0 Å². The quantitative estimate of drug-likeness (QED) is 0.745. The van der Waals surface area contributed by atoms with Crippen molar-refractivity contribution in [1.29, 1.82) is 0 Å². The molecule has 1 N–H and O–H groups in total. The minimum atomic E-state index is -2.82. The lowest BCUT2D eigenvalue weighted by molar-refractivity contribution is 0.124. The molecule has 4 nitrogen and oxygen atoms in total. The van der Waals surface area contributed by atoms with Gasteiger partial charge in [0.2, 0.25) is 0 Å². The summed E-state index contributed by atoms with van der Waals surface area (Å²) in [7, 11) is -2.82. The highest BCUT2D eigenvalue weighted by Crippen LogP contribution is 2.26. The average molecular weight is 319 g/mol. The van der Waals surface area contributed by atoms with Gasteiger partial charge >= 0.3 is 0 Å². The van der Waals surface area contributed by atoms with E-state index >= 15 is 0 Å². The van der Waals surface area contributed by atoms with E-state index in [1.165, 1.54) is 12.8 Å². The van der Waals surface area contributed by atoms with E-state index in [2.05, 4.69) is 37.9 Å². The fourth-order valence-corrected chi connectivity index (χ4v) is 4.87. The van der Waals surface area contributed by atoms with Crippen LogP contribution < -0.4 is 5.32 Å². The minimum Gasteiger partial charge on any atom is -0.316 e. The molecule has 21 heavy (non-hydrogen) atoms. The Morgan fingerprint density at radius 2 is 2.05 bits per heavy atom. The van der Waals surface area contributed by atoms with Gasteiger partial charge in [-0.15, -0.1) is 0 Å². The molecule has 2 unspecified atom stereocenters. The summed E-state index contributed by atoms with van der Waals surface area (Å²) in [4.78, 5) is 2.37. The van der Waals surface area contributed by atoms with Gasteiger partial charge in [-0.3, -0.25) is 4.90 Å². The topological polar surface area (TPSA) is 49.4 Å². The van der Waals surface area contributed by atoms with Crippen LogP contribution in [0.4, 0.5) is 0 Å². The van der Waals surface area contributed by atoms with Gasteiger partial charge in [0.25, 0.3) is 0 Å². The third-order valence-electron chi connectivity index (χ3n) is 4.35. The molecule has 126 valence electrons. The van der Waals surface area contributed by atoms with Crippen molar-refractivity contribution in [1.82, 2.24) is 10.2 Å². The van der Waals surface area contributed by atoms with E-state index in [1.54, 1.807) is 0 Å². The molecule has 0 bridgehead atoms. The van der Waals surface area contributed by atoms with Gasteiger partial charge in [-0.05, 0) is 31.2 Å². The third kappa shape index (κ3) is 6.66. The molecule has 1 heterocycles. The normalized spacial score (nSPS) is 25.9. The highest BCUT2D eigenvalue weighted by molar-refractivity contribution is 7.91. The molecule has 1 fully saturated rings. The molecule has 0 aromatic rings. The van der Waals surface area contributed by atoms with Crippen molar-refractivity contribution in [3.63, 3.8) is 0 Å². The van der Waals surface area contributed by atoms with Crippen LogP contribution in [0.3, 0.4) is 0 Å². The molecule has 0 saturated carbocycles. The van der Waals surface area contributed by atoms with Crippen LogP contribution in [0.25, 0.3) is 0 Å². The predicted octanol–water partition coefficient (Wildman–Crippen LogP) is 2.16. The molecule has 1 saturated heterocycles. The highest BCUT2D eigenvalue weighted by atomic mass is 32.2. The minimum absolute atomic E-state index is 0.144. The number of nitrogens with one attached hydrogen (secondary N) is 1. The molecule has 0 spiro atoms. The fourth-order valence-electron chi connectivity index (χ4n) is 3.25. The fraction of sp³-hybridized carbons (Fsp3) is 1.00. The van der Waals surface area contributed by atoms with Crippen molar-refractivity contribution < 1.29 is 8.42 Å². The molecule has 0 aliphatic carbocycles. The number of hydrogen-bond donors (Lipinski definition) is 1. The van der Waals surface area contributed by atoms with E-state index < -0.39 is 9.84 Å². The summed E-state index contributed by atoms with van der Waals surface area (Å²) in [6.45, 7) is 14.8. The van der Waals surface area contributed by atoms with Crippen molar-refractivity contribution in [2.45, 2.75) is 53.5 Å². The first-order chi connectivity index (χ1) is 9.67. The number of sulfone groups is 1. The Labute approximate surface area is 131 Å². The summed E-state index contributed by atoms with van der Waals surface area (Å²) in [5, 5.41) is 3.59. The maximum atomic E-state index is 11.7. The second kappa shape index (κ2) is 7.93. The third-order valence-corrected chi connectivity index (χ3v) is 6.15. The van der Waals surface area contributed by atoms with Gasteiger partial charge in [-0.2, -0.15) is 0 Å². The Morgan fingerprint density at radius 1 is 1.38 bits per heavy atom. The largest absolute Gasteiger partial charge is 0.316 e. The van der Waals surface area contributed by atoms with Crippen LogP contribution >= 0.6 is 0 Å². The standard InChI is InChI=1S/C16H34N2O2S/c1-6-7-16(5,12-17-10-14(2)3)13-18-8-9-21(19,20)11-15(18)4/h14-15,17H,6-13H2,1-5H3. The van der Waals surface area contributed by atoms with E-state index in [0.29, 0.717) is 24.0 Å². The molecular formula is C16H34N2O2S. The van der Waals surface area contributed by atoms with E-state index in [0.717, 1.165) is 19.6 Å². The molecule has 1 rings (SSSR count). The SMILES string of the molecule is CCCC(C)(CNCC(C)C)CN1CCS(=O)(=O)CC1C. The Balaban J connectivity index is 2.60. The van der Waals surface area contributed by atoms with Crippen LogP contribution in [-0.4, -0.2) is 57.0 Å². The number of nitrogens with zero attached hydrogens (tertiary/aromatic N) is 1. The first-order valence-electron chi connectivity index (χ1n) is 8.32. The van der Waals surface area contributed by atoms with Gasteiger partial charge in [0.15, 0.2) is 9.84 Å². The average Bonchev–Trinajstić information content (AvgIpc) is 2.32. The molecular weight excluding hydrogens is 284 g/mol. The maximum Gasteiger partial charge on any atom is 0.153 e. The molecule has 2 atom stereocenters. The van der Waals surface area contributed by atoms with Crippen LogP contribution in [-0.2, 0) is 9.84 Å². The van der Waals surface area contributed by atoms with Crippen molar-refractivity contribution in [2.75, 3.05) is 37.7 Å². The molecule has 1 aliphatic heterocycles. The Morgan fingerprint density at radius 3 is 2.57 bits per heavy atom. The number of rotatable bonds is 8. The molecule has 5 heteroatoms. The van der Waals surface area contributed by atoms with E-state index in [9.17, 15) is 8.42 Å². The van der Waals surface area contributed by atoms with Crippen molar-refractivity contribution in [3.8, 4) is 0 Å². The summed E-state index contributed by atoms with van der Waals surface area (Å²) in [5.74, 6) is 1.29. The summed E-state index contributed by atoms with van der Waals surface area (Å²) in [6.07, 6.45) is 2.34. The Kier molecular flexibility index (Phi) is 7.14. The molecule has 0 radical (unpaired) electrons. The van der Waals surface area contributed by atoms with E-state index in [-0.39, 0.29) is 11.5 Å². The maximum absolute atomic E-state index is 11.7. The van der Waals surface area contributed by atoms with Crippen molar-refractivity contribution in [2.24, 2.45) is 11.3 Å². The van der Waals surface area contributed by atoms with Gasteiger partial charge in [-0.1, -0.05) is 34.1 Å². The summed E-state index contributed by atoms with van der Waals surface area (Å²) in [6, 6.07) is 0.144. The zero-order valence-corrected chi connectivity index (χ0v) is 15.3. The second-order valence-corrected chi connectivity index (χ2v) is 9.75. The van der Waals surface area contributed by atoms with E-state index in [4.69, 9.17) is 0 Å². The summed E-state index contributed by atoms with van der Waals surface area (Å²) in [5.41, 5.74) is 0.221. The van der Waals surface area contributed by atoms with Crippen molar-refractivity contribution >= 4 is 9.84 Å². The molecule has 1 aliphatic rings. The van der Waals surface area contributed by atoms with Crippen LogP contribution in [0, 0.1) is 11.3 Å².